The van der Waals surface area contributed by atoms with Crippen molar-refractivity contribution in [1.29, 1.82) is 0 Å². The van der Waals surface area contributed by atoms with E-state index in [9.17, 15) is 9.90 Å². The maximum absolute atomic E-state index is 12.8. The number of pyridine rings is 1. The Bertz CT molecular complexity index is 738. The summed E-state index contributed by atoms with van der Waals surface area (Å²) in [5, 5.41) is 9.46. The number of aryl methyl sites for hydroxylation is 1. The molecule has 0 spiro atoms. The number of nitrogens with zero attached hydrogens (tertiary/aromatic N) is 3. The van der Waals surface area contributed by atoms with Crippen LogP contribution in [0.2, 0.25) is 0 Å². The molecule has 2 heterocycles. The number of aliphatic hydroxyl groups is 1. The van der Waals surface area contributed by atoms with Crippen LogP contribution in [0.4, 0.5) is 5.82 Å². The molecule has 2 aromatic rings. The summed E-state index contributed by atoms with van der Waals surface area (Å²) in [7, 11) is 0. The van der Waals surface area contributed by atoms with Crippen LogP contribution < -0.4 is 5.73 Å². The highest BCUT2D eigenvalue weighted by molar-refractivity contribution is 5.94. The third-order valence-electron chi connectivity index (χ3n) is 5.14. The highest BCUT2D eigenvalue weighted by atomic mass is 16.3. The summed E-state index contributed by atoms with van der Waals surface area (Å²) in [6.07, 6.45) is 4.35. The van der Waals surface area contributed by atoms with Gasteiger partial charge in [-0.25, -0.2) is 4.98 Å². The summed E-state index contributed by atoms with van der Waals surface area (Å²) in [5.41, 5.74) is 7.62. The second-order valence-corrected chi connectivity index (χ2v) is 7.01. The molecule has 6 heteroatoms. The molecule has 3 N–H and O–H groups in total. The van der Waals surface area contributed by atoms with E-state index in [4.69, 9.17) is 5.73 Å². The summed E-state index contributed by atoms with van der Waals surface area (Å²) in [6.45, 7) is 3.25. The molecule has 1 aliphatic heterocycles. The lowest BCUT2D eigenvalue weighted by atomic mass is 10.1. The normalized spacial score (nSPS) is 17.8. The number of carbonyl (C=O) groups is 1. The predicted octanol–water partition coefficient (Wildman–Crippen LogP) is 1.81. The molecule has 0 saturated carbocycles. The maximum atomic E-state index is 12.8. The van der Waals surface area contributed by atoms with Crippen molar-refractivity contribution in [1.82, 2.24) is 14.8 Å². The number of piperazine rings is 1. The van der Waals surface area contributed by atoms with E-state index < -0.39 is 0 Å². The molecule has 1 aromatic carbocycles. The zero-order valence-corrected chi connectivity index (χ0v) is 15.6. The average Bonchev–Trinajstić information content (AvgIpc) is 2.69. The van der Waals surface area contributed by atoms with Gasteiger partial charge in [0.25, 0.3) is 5.91 Å². The molecule has 27 heavy (non-hydrogen) atoms. The Hall–Kier alpha value is -2.44. The lowest BCUT2D eigenvalue weighted by Gasteiger charge is -2.41. The zero-order chi connectivity index (χ0) is 19.1. The minimum Gasteiger partial charge on any atom is -0.396 e. The van der Waals surface area contributed by atoms with E-state index in [1.807, 2.05) is 11.0 Å². The minimum absolute atomic E-state index is 0.0176. The van der Waals surface area contributed by atoms with Gasteiger partial charge >= 0.3 is 0 Å². The number of aromatic nitrogens is 1. The molecule has 0 aliphatic carbocycles. The van der Waals surface area contributed by atoms with Crippen LogP contribution in [0.1, 0.15) is 28.8 Å². The highest BCUT2D eigenvalue weighted by Crippen LogP contribution is 2.17. The van der Waals surface area contributed by atoms with E-state index >= 15 is 0 Å². The van der Waals surface area contributed by atoms with E-state index in [1.54, 1.807) is 18.3 Å². The number of carbonyl (C=O) groups excluding carboxylic acids is 1. The first-order valence-electron chi connectivity index (χ1n) is 9.57. The molecule has 1 unspecified atom stereocenters. The van der Waals surface area contributed by atoms with E-state index in [-0.39, 0.29) is 18.6 Å². The Kier molecular flexibility index (Phi) is 6.79. The summed E-state index contributed by atoms with van der Waals surface area (Å²) >= 11 is 0. The lowest BCUT2D eigenvalue weighted by Crippen LogP contribution is -2.55. The molecule has 0 radical (unpaired) electrons. The Morgan fingerprint density at radius 1 is 1.22 bits per heavy atom. The van der Waals surface area contributed by atoms with Gasteiger partial charge in [-0.3, -0.25) is 9.69 Å². The molecule has 1 amide bonds. The van der Waals surface area contributed by atoms with Crippen molar-refractivity contribution >= 4 is 11.7 Å². The standard InChI is InChI=1S/C21H28N4O2/c22-20-15-18(8-10-23-20)21(27)25-13-12-24(19(16-25)9-14-26)11-4-7-17-5-2-1-3-6-17/h1-3,5-6,8,10,15,19,26H,4,7,9,11-14,16H2,(H2,22,23). The van der Waals surface area contributed by atoms with Gasteiger partial charge in [-0.2, -0.15) is 0 Å². The van der Waals surface area contributed by atoms with Gasteiger partial charge in [-0.1, -0.05) is 30.3 Å². The van der Waals surface area contributed by atoms with Gasteiger partial charge < -0.3 is 15.7 Å². The van der Waals surface area contributed by atoms with Crippen molar-refractivity contribution in [3.63, 3.8) is 0 Å². The molecule has 3 rings (SSSR count). The topological polar surface area (TPSA) is 82.7 Å². The number of nitrogen functional groups attached to an aromatic ring is 1. The van der Waals surface area contributed by atoms with Crippen LogP contribution in [0.25, 0.3) is 0 Å². The maximum Gasteiger partial charge on any atom is 0.254 e. The average molecular weight is 368 g/mol. The Morgan fingerprint density at radius 3 is 2.78 bits per heavy atom. The van der Waals surface area contributed by atoms with Gasteiger partial charge in [0.2, 0.25) is 0 Å². The van der Waals surface area contributed by atoms with Gasteiger partial charge in [-0.05, 0) is 43.5 Å². The Labute approximate surface area is 160 Å². The molecule has 6 nitrogen and oxygen atoms in total. The largest absolute Gasteiger partial charge is 0.396 e. The van der Waals surface area contributed by atoms with E-state index in [1.165, 1.54) is 5.56 Å². The number of hydrogen-bond donors (Lipinski definition) is 2. The third kappa shape index (κ3) is 5.28. The Balaban J connectivity index is 1.56. The van der Waals surface area contributed by atoms with Crippen LogP contribution in [0.5, 0.6) is 0 Å². The van der Waals surface area contributed by atoms with Gasteiger partial charge in [0.1, 0.15) is 5.82 Å². The van der Waals surface area contributed by atoms with Crippen molar-refractivity contribution in [2.75, 3.05) is 38.5 Å². The fraction of sp³-hybridized carbons (Fsp3) is 0.429. The monoisotopic (exact) mass is 368 g/mol. The summed E-state index contributed by atoms with van der Waals surface area (Å²) in [4.78, 5) is 21.0. The van der Waals surface area contributed by atoms with Crippen LogP contribution in [-0.2, 0) is 6.42 Å². The number of nitrogens with two attached hydrogens (primary N) is 1. The van der Waals surface area contributed by atoms with Crippen molar-refractivity contribution in [3.05, 3.63) is 59.8 Å². The van der Waals surface area contributed by atoms with E-state index in [0.29, 0.717) is 30.9 Å². The minimum atomic E-state index is -0.0176. The second-order valence-electron chi connectivity index (χ2n) is 7.01. The molecule has 1 aliphatic rings. The van der Waals surface area contributed by atoms with Crippen molar-refractivity contribution < 1.29 is 9.90 Å². The quantitative estimate of drug-likeness (QED) is 0.779. The van der Waals surface area contributed by atoms with Gasteiger partial charge in [0.15, 0.2) is 0 Å². The first-order chi connectivity index (χ1) is 13.2. The highest BCUT2D eigenvalue weighted by Gasteiger charge is 2.29. The molecule has 1 saturated heterocycles. The molecule has 1 aromatic heterocycles. The molecule has 1 fully saturated rings. The number of benzene rings is 1. The number of anilines is 1. The number of hydrogen-bond acceptors (Lipinski definition) is 5. The Morgan fingerprint density at radius 2 is 2.04 bits per heavy atom. The lowest BCUT2D eigenvalue weighted by molar-refractivity contribution is 0.0419. The molecular weight excluding hydrogens is 340 g/mol. The first kappa shape index (κ1) is 19.3. The number of amides is 1. The SMILES string of the molecule is Nc1cc(C(=O)N2CCN(CCCc3ccccc3)C(CCO)C2)ccn1. The van der Waals surface area contributed by atoms with E-state index in [2.05, 4.69) is 34.1 Å². The van der Waals surface area contributed by atoms with Crippen LogP contribution in [0, 0.1) is 0 Å². The second kappa shape index (κ2) is 9.48. The fourth-order valence-electron chi connectivity index (χ4n) is 3.69. The third-order valence-corrected chi connectivity index (χ3v) is 5.14. The summed E-state index contributed by atoms with van der Waals surface area (Å²) in [6, 6.07) is 14.0. The van der Waals surface area contributed by atoms with Crippen molar-refractivity contribution in [3.8, 4) is 0 Å². The number of rotatable bonds is 7. The molecular formula is C21H28N4O2. The fourth-order valence-corrected chi connectivity index (χ4v) is 3.69. The molecule has 0 bridgehead atoms. The predicted molar refractivity (Wildman–Crippen MR) is 106 cm³/mol. The van der Waals surface area contributed by atoms with Crippen LogP contribution in [0.3, 0.4) is 0 Å². The van der Waals surface area contributed by atoms with Crippen LogP contribution in [0.15, 0.2) is 48.7 Å². The van der Waals surface area contributed by atoms with E-state index in [0.717, 1.165) is 25.9 Å². The number of aliphatic hydroxyl groups excluding tert-OH is 1. The van der Waals surface area contributed by atoms with Crippen LogP contribution >= 0.6 is 0 Å². The van der Waals surface area contributed by atoms with Crippen LogP contribution in [-0.4, -0.2) is 64.6 Å². The summed E-state index contributed by atoms with van der Waals surface area (Å²) < 4.78 is 0. The van der Waals surface area contributed by atoms with Gasteiger partial charge in [0, 0.05) is 44.0 Å². The van der Waals surface area contributed by atoms with Crippen molar-refractivity contribution in [2.24, 2.45) is 0 Å². The van der Waals surface area contributed by atoms with Gasteiger partial charge in [0.05, 0.1) is 0 Å². The molecule has 144 valence electrons. The first-order valence-corrected chi connectivity index (χ1v) is 9.57. The van der Waals surface area contributed by atoms with Gasteiger partial charge in [-0.15, -0.1) is 0 Å². The zero-order valence-electron chi connectivity index (χ0n) is 15.6. The van der Waals surface area contributed by atoms with Crippen molar-refractivity contribution in [2.45, 2.75) is 25.3 Å². The molecule has 1 atom stereocenters. The summed E-state index contributed by atoms with van der Waals surface area (Å²) in [5.74, 6) is 0.336. The smallest absolute Gasteiger partial charge is 0.254 e.